The number of carbonyl (C=O) groups is 1. The van der Waals surface area contributed by atoms with Gasteiger partial charge in [0.1, 0.15) is 17.0 Å². The third kappa shape index (κ3) is 2.96. The van der Waals surface area contributed by atoms with E-state index in [1.54, 1.807) is 0 Å². The first-order chi connectivity index (χ1) is 6.49. The summed E-state index contributed by atoms with van der Waals surface area (Å²) in [6.07, 6.45) is 0. The normalized spacial score (nSPS) is 12.3. The lowest BCUT2D eigenvalue weighted by atomic mass is 10.3. The number of hydrogen-bond acceptors (Lipinski definition) is 1. The molecular weight excluding hydrogens is 212 g/mol. The maximum Gasteiger partial charge on any atom is 0.242 e. The smallest absolute Gasteiger partial charge is 0.242 e. The van der Waals surface area contributed by atoms with E-state index in [-0.39, 0.29) is 5.69 Å². The Hall–Kier alpha value is -1.16. The van der Waals surface area contributed by atoms with Crippen molar-refractivity contribution < 1.29 is 13.6 Å². The van der Waals surface area contributed by atoms with E-state index >= 15 is 0 Å². The minimum absolute atomic E-state index is 0.0556. The fourth-order valence-corrected chi connectivity index (χ4v) is 0.922. The summed E-state index contributed by atoms with van der Waals surface area (Å²) < 4.78 is 25.3. The molecular formula is C9H8ClF2NO. The van der Waals surface area contributed by atoms with Gasteiger partial charge in [-0.3, -0.25) is 4.79 Å². The third-order valence-electron chi connectivity index (χ3n) is 1.49. The van der Waals surface area contributed by atoms with Crippen LogP contribution in [0.2, 0.25) is 0 Å². The van der Waals surface area contributed by atoms with Gasteiger partial charge in [-0.1, -0.05) is 0 Å². The number of rotatable bonds is 2. The fraction of sp³-hybridized carbons (Fsp3) is 0.222. The lowest BCUT2D eigenvalue weighted by Gasteiger charge is -2.06. The quantitative estimate of drug-likeness (QED) is 0.761. The molecule has 1 N–H and O–H groups in total. The van der Waals surface area contributed by atoms with Crippen molar-refractivity contribution in [3.8, 4) is 0 Å². The van der Waals surface area contributed by atoms with E-state index in [0.29, 0.717) is 0 Å². The van der Waals surface area contributed by atoms with Gasteiger partial charge >= 0.3 is 0 Å². The standard InChI is InChI=1S/C9H8ClF2NO/c1-5(10)9(14)13-8-3-6(11)2-7(12)4-8/h2-5H,1H3,(H,13,14). The number of carbonyl (C=O) groups excluding carboxylic acids is 1. The number of anilines is 1. The number of alkyl halides is 1. The molecule has 0 radical (unpaired) electrons. The van der Waals surface area contributed by atoms with Crippen LogP contribution in [0.1, 0.15) is 6.92 Å². The summed E-state index contributed by atoms with van der Waals surface area (Å²) in [5, 5.41) is 1.52. The van der Waals surface area contributed by atoms with E-state index < -0.39 is 22.9 Å². The summed E-state index contributed by atoms with van der Waals surface area (Å²) in [4.78, 5) is 11.0. The first-order valence-corrected chi connectivity index (χ1v) is 4.33. The summed E-state index contributed by atoms with van der Waals surface area (Å²) in [7, 11) is 0. The van der Waals surface area contributed by atoms with Gasteiger partial charge in [0.2, 0.25) is 5.91 Å². The van der Waals surface area contributed by atoms with Crippen LogP contribution in [-0.4, -0.2) is 11.3 Å². The Morgan fingerprint density at radius 2 is 1.86 bits per heavy atom. The predicted molar refractivity (Wildman–Crippen MR) is 50.3 cm³/mol. The Morgan fingerprint density at radius 3 is 2.29 bits per heavy atom. The molecule has 0 aliphatic heterocycles. The van der Waals surface area contributed by atoms with Gasteiger partial charge in [0.05, 0.1) is 0 Å². The van der Waals surface area contributed by atoms with Crippen molar-refractivity contribution >= 4 is 23.2 Å². The minimum atomic E-state index is -0.749. The Balaban J connectivity index is 2.82. The molecule has 0 aliphatic rings. The molecule has 2 nitrogen and oxygen atoms in total. The van der Waals surface area contributed by atoms with E-state index in [9.17, 15) is 13.6 Å². The first-order valence-electron chi connectivity index (χ1n) is 3.90. The average Bonchev–Trinajstić information content (AvgIpc) is 2.01. The molecule has 0 fully saturated rings. The van der Waals surface area contributed by atoms with Crippen molar-refractivity contribution in [1.82, 2.24) is 0 Å². The number of halogens is 3. The first kappa shape index (κ1) is 10.9. The highest BCUT2D eigenvalue weighted by Crippen LogP contribution is 2.13. The molecule has 0 heterocycles. The van der Waals surface area contributed by atoms with E-state index in [1.165, 1.54) is 6.92 Å². The van der Waals surface area contributed by atoms with Gasteiger partial charge in [0.25, 0.3) is 0 Å². The van der Waals surface area contributed by atoms with Gasteiger partial charge < -0.3 is 5.32 Å². The van der Waals surface area contributed by atoms with Crippen molar-refractivity contribution in [1.29, 1.82) is 0 Å². The molecule has 1 atom stereocenters. The molecule has 1 unspecified atom stereocenters. The van der Waals surface area contributed by atoms with Gasteiger partial charge in [-0.25, -0.2) is 8.78 Å². The molecule has 5 heteroatoms. The summed E-state index contributed by atoms with van der Waals surface area (Å²) in [6.45, 7) is 1.46. The molecule has 1 aromatic carbocycles. The van der Waals surface area contributed by atoms with Crippen LogP contribution >= 0.6 is 11.6 Å². The van der Waals surface area contributed by atoms with Gasteiger partial charge in [-0.05, 0) is 19.1 Å². The van der Waals surface area contributed by atoms with E-state index in [0.717, 1.165) is 18.2 Å². The number of hydrogen-bond donors (Lipinski definition) is 1. The zero-order valence-corrected chi connectivity index (χ0v) is 8.11. The molecule has 0 bridgehead atoms. The van der Waals surface area contributed by atoms with Crippen molar-refractivity contribution in [2.45, 2.75) is 12.3 Å². The van der Waals surface area contributed by atoms with E-state index in [2.05, 4.69) is 5.32 Å². The third-order valence-corrected chi connectivity index (χ3v) is 1.69. The molecule has 0 saturated carbocycles. The van der Waals surface area contributed by atoms with E-state index in [1.807, 2.05) is 0 Å². The molecule has 0 saturated heterocycles. The summed E-state index contributed by atoms with van der Waals surface area (Å²) in [6, 6.07) is 2.75. The zero-order chi connectivity index (χ0) is 10.7. The van der Waals surface area contributed by atoms with E-state index in [4.69, 9.17) is 11.6 Å². The SMILES string of the molecule is CC(Cl)C(=O)Nc1cc(F)cc(F)c1. The topological polar surface area (TPSA) is 29.1 Å². The van der Waals surface area contributed by atoms with Crippen LogP contribution in [0, 0.1) is 11.6 Å². The van der Waals surface area contributed by atoms with Crippen LogP contribution < -0.4 is 5.32 Å². The molecule has 1 aromatic rings. The van der Waals surface area contributed by atoms with Crippen molar-refractivity contribution in [2.75, 3.05) is 5.32 Å². The van der Waals surface area contributed by atoms with Gasteiger partial charge in [-0.2, -0.15) is 0 Å². The zero-order valence-electron chi connectivity index (χ0n) is 7.35. The van der Waals surface area contributed by atoms with Gasteiger partial charge in [0.15, 0.2) is 0 Å². The Labute approximate surface area is 84.9 Å². The van der Waals surface area contributed by atoms with Gasteiger partial charge in [-0.15, -0.1) is 11.6 Å². The Bertz CT molecular complexity index is 334. The van der Waals surface area contributed by atoms with Crippen LogP contribution in [0.15, 0.2) is 18.2 Å². The highest BCUT2D eigenvalue weighted by molar-refractivity contribution is 6.32. The summed E-state index contributed by atoms with van der Waals surface area (Å²) in [5.41, 5.74) is 0.0556. The van der Waals surface area contributed by atoms with Crippen molar-refractivity contribution in [3.05, 3.63) is 29.8 Å². The van der Waals surface area contributed by atoms with Gasteiger partial charge in [0, 0.05) is 11.8 Å². The lowest BCUT2D eigenvalue weighted by molar-refractivity contribution is -0.115. The summed E-state index contributed by atoms with van der Waals surface area (Å²) in [5.74, 6) is -2.00. The minimum Gasteiger partial charge on any atom is -0.325 e. The average molecular weight is 220 g/mol. The second-order valence-electron chi connectivity index (χ2n) is 2.76. The molecule has 14 heavy (non-hydrogen) atoms. The van der Waals surface area contributed by atoms with Crippen LogP contribution in [0.5, 0.6) is 0 Å². The lowest BCUT2D eigenvalue weighted by Crippen LogP contribution is -2.20. The second-order valence-corrected chi connectivity index (χ2v) is 3.42. The number of nitrogens with one attached hydrogen (secondary N) is 1. The molecule has 76 valence electrons. The highest BCUT2D eigenvalue weighted by atomic mass is 35.5. The maximum atomic E-state index is 12.7. The second kappa shape index (κ2) is 4.37. The summed E-state index contributed by atoms with van der Waals surface area (Å²) >= 11 is 5.46. The largest absolute Gasteiger partial charge is 0.325 e. The maximum absolute atomic E-state index is 12.7. The molecule has 1 rings (SSSR count). The Kier molecular flexibility index (Phi) is 3.41. The fourth-order valence-electron chi connectivity index (χ4n) is 0.868. The molecule has 0 spiro atoms. The van der Waals surface area contributed by atoms with Crippen LogP contribution in [-0.2, 0) is 4.79 Å². The van der Waals surface area contributed by atoms with Crippen LogP contribution in [0.3, 0.4) is 0 Å². The number of benzene rings is 1. The molecule has 1 amide bonds. The monoisotopic (exact) mass is 219 g/mol. The van der Waals surface area contributed by atoms with Crippen LogP contribution in [0.25, 0.3) is 0 Å². The Morgan fingerprint density at radius 1 is 1.36 bits per heavy atom. The molecule has 0 aromatic heterocycles. The highest BCUT2D eigenvalue weighted by Gasteiger charge is 2.10. The van der Waals surface area contributed by atoms with Crippen molar-refractivity contribution in [2.24, 2.45) is 0 Å². The van der Waals surface area contributed by atoms with Crippen molar-refractivity contribution in [3.63, 3.8) is 0 Å². The van der Waals surface area contributed by atoms with Crippen LogP contribution in [0.4, 0.5) is 14.5 Å². The predicted octanol–water partition coefficient (Wildman–Crippen LogP) is 2.53. The number of amides is 1. The molecule has 0 aliphatic carbocycles.